The van der Waals surface area contributed by atoms with Gasteiger partial charge in [0.15, 0.2) is 11.1 Å². The number of fused-ring (bicyclic) bond motifs is 1. The van der Waals surface area contributed by atoms with Crippen molar-refractivity contribution >= 4 is 28.9 Å². The zero-order valence-electron chi connectivity index (χ0n) is 13.4. The molecule has 2 heterocycles. The molecule has 0 amide bonds. The van der Waals surface area contributed by atoms with Crippen LogP contribution in [-0.2, 0) is 9.53 Å². The SMILES string of the molecule is Cc1ccc(C2=N/C(=C\c3coc4ccccc4c3=O)C(=O)O2)cc1. The summed E-state index contributed by atoms with van der Waals surface area (Å²) in [7, 11) is 0. The number of ether oxygens (including phenoxy) is 1. The standard InChI is InChI=1S/C20H13NO4/c1-12-6-8-13(9-7-12)19-21-16(20(23)25-19)10-14-11-24-17-5-3-2-4-15(17)18(14)22/h2-11H,1H3/b16-10-. The van der Waals surface area contributed by atoms with Crippen LogP contribution in [0.25, 0.3) is 17.0 Å². The van der Waals surface area contributed by atoms with Crippen molar-refractivity contribution in [1.29, 1.82) is 0 Å². The smallest absolute Gasteiger partial charge is 0.363 e. The molecule has 0 atom stereocenters. The lowest BCUT2D eigenvalue weighted by molar-refractivity contribution is -0.129. The van der Waals surface area contributed by atoms with Crippen molar-refractivity contribution in [2.24, 2.45) is 4.99 Å². The quantitative estimate of drug-likeness (QED) is 0.533. The highest BCUT2D eigenvalue weighted by atomic mass is 16.6. The van der Waals surface area contributed by atoms with Crippen LogP contribution in [0.3, 0.4) is 0 Å². The van der Waals surface area contributed by atoms with Gasteiger partial charge >= 0.3 is 5.97 Å². The number of rotatable bonds is 2. The molecule has 0 fully saturated rings. The Morgan fingerprint density at radius 3 is 2.56 bits per heavy atom. The number of hydrogen-bond donors (Lipinski definition) is 0. The molecule has 25 heavy (non-hydrogen) atoms. The summed E-state index contributed by atoms with van der Waals surface area (Å²) in [6.45, 7) is 1.97. The van der Waals surface area contributed by atoms with Crippen LogP contribution in [0.1, 0.15) is 16.7 Å². The van der Waals surface area contributed by atoms with Gasteiger partial charge in [-0.2, -0.15) is 0 Å². The highest BCUT2D eigenvalue weighted by Gasteiger charge is 2.24. The fourth-order valence-corrected chi connectivity index (χ4v) is 2.57. The molecule has 1 aliphatic heterocycles. The van der Waals surface area contributed by atoms with Gasteiger partial charge in [0, 0.05) is 5.56 Å². The summed E-state index contributed by atoms with van der Waals surface area (Å²) >= 11 is 0. The maximum absolute atomic E-state index is 12.5. The molecular formula is C20H13NO4. The number of para-hydroxylation sites is 1. The van der Waals surface area contributed by atoms with Crippen molar-refractivity contribution in [2.45, 2.75) is 6.92 Å². The first-order chi connectivity index (χ1) is 12.1. The van der Waals surface area contributed by atoms with Crippen LogP contribution in [-0.4, -0.2) is 11.9 Å². The van der Waals surface area contributed by atoms with Gasteiger partial charge in [0.05, 0.1) is 10.9 Å². The summed E-state index contributed by atoms with van der Waals surface area (Å²) in [6.07, 6.45) is 2.71. The zero-order chi connectivity index (χ0) is 17.4. The second-order valence-electron chi connectivity index (χ2n) is 5.72. The maximum atomic E-state index is 12.5. The highest BCUT2D eigenvalue weighted by Crippen LogP contribution is 2.19. The fourth-order valence-electron chi connectivity index (χ4n) is 2.57. The van der Waals surface area contributed by atoms with Crippen molar-refractivity contribution in [2.75, 3.05) is 0 Å². The summed E-state index contributed by atoms with van der Waals surface area (Å²) in [5.41, 5.74) is 2.39. The van der Waals surface area contributed by atoms with E-state index in [0.717, 1.165) is 5.56 Å². The van der Waals surface area contributed by atoms with Gasteiger partial charge in [0.2, 0.25) is 5.90 Å². The first-order valence-corrected chi connectivity index (χ1v) is 7.72. The fraction of sp³-hybridized carbons (Fsp3) is 0.0500. The Morgan fingerprint density at radius 1 is 1.00 bits per heavy atom. The van der Waals surface area contributed by atoms with E-state index in [2.05, 4.69) is 4.99 Å². The normalized spacial score (nSPS) is 15.5. The van der Waals surface area contributed by atoms with Crippen LogP contribution in [0.2, 0.25) is 0 Å². The molecule has 5 nitrogen and oxygen atoms in total. The number of aliphatic imine (C=N–C) groups is 1. The molecule has 1 aromatic heterocycles. The summed E-state index contributed by atoms with van der Waals surface area (Å²) in [5, 5.41) is 0.450. The van der Waals surface area contributed by atoms with Gasteiger partial charge in [-0.15, -0.1) is 0 Å². The number of hydrogen-bond acceptors (Lipinski definition) is 5. The summed E-state index contributed by atoms with van der Waals surface area (Å²) < 4.78 is 10.7. The van der Waals surface area contributed by atoms with Crippen molar-refractivity contribution in [1.82, 2.24) is 0 Å². The van der Waals surface area contributed by atoms with E-state index >= 15 is 0 Å². The molecule has 1 aliphatic rings. The molecule has 0 radical (unpaired) electrons. The Bertz CT molecular complexity index is 1100. The Labute approximate surface area is 142 Å². The number of carbonyl (C=O) groups excluding carboxylic acids is 1. The van der Waals surface area contributed by atoms with Crippen molar-refractivity contribution in [3.8, 4) is 0 Å². The topological polar surface area (TPSA) is 68.9 Å². The predicted molar refractivity (Wildman–Crippen MR) is 94.3 cm³/mol. The van der Waals surface area contributed by atoms with E-state index in [1.807, 2.05) is 31.2 Å². The second kappa shape index (κ2) is 5.87. The van der Waals surface area contributed by atoms with E-state index in [9.17, 15) is 9.59 Å². The molecule has 0 bridgehead atoms. The molecule has 0 N–H and O–H groups in total. The van der Waals surface area contributed by atoms with E-state index < -0.39 is 5.97 Å². The number of aryl methyl sites for hydroxylation is 1. The first kappa shape index (κ1) is 15.1. The molecule has 0 aliphatic carbocycles. The van der Waals surface area contributed by atoms with E-state index in [1.165, 1.54) is 12.3 Å². The lowest BCUT2D eigenvalue weighted by atomic mass is 10.1. The Hall–Kier alpha value is -3.47. The van der Waals surface area contributed by atoms with Crippen molar-refractivity contribution < 1.29 is 13.9 Å². The second-order valence-corrected chi connectivity index (χ2v) is 5.72. The Kier molecular flexibility index (Phi) is 3.54. The van der Waals surface area contributed by atoms with Gasteiger partial charge in [0.1, 0.15) is 11.8 Å². The number of esters is 1. The molecular weight excluding hydrogens is 318 g/mol. The van der Waals surface area contributed by atoms with E-state index in [1.54, 1.807) is 24.3 Å². The Balaban J connectivity index is 1.76. The van der Waals surface area contributed by atoms with Crippen LogP contribution in [0.5, 0.6) is 0 Å². The van der Waals surface area contributed by atoms with Crippen molar-refractivity contribution in [3.05, 3.63) is 87.4 Å². The van der Waals surface area contributed by atoms with Gasteiger partial charge in [0.25, 0.3) is 0 Å². The predicted octanol–water partition coefficient (Wildman–Crippen LogP) is 3.45. The number of benzene rings is 2. The molecule has 0 unspecified atom stereocenters. The molecule has 3 aromatic rings. The molecule has 4 rings (SSSR count). The molecule has 2 aromatic carbocycles. The summed E-state index contributed by atoms with van der Waals surface area (Å²) in [4.78, 5) is 28.8. The monoisotopic (exact) mass is 331 g/mol. The van der Waals surface area contributed by atoms with Crippen LogP contribution in [0.4, 0.5) is 0 Å². The zero-order valence-corrected chi connectivity index (χ0v) is 13.4. The minimum Gasteiger partial charge on any atom is -0.463 e. The van der Waals surface area contributed by atoms with Gasteiger partial charge in [-0.3, -0.25) is 4.79 Å². The minimum absolute atomic E-state index is 0.0677. The maximum Gasteiger partial charge on any atom is 0.363 e. The third-order valence-electron chi connectivity index (χ3n) is 3.92. The van der Waals surface area contributed by atoms with Gasteiger partial charge in [-0.05, 0) is 37.3 Å². The number of nitrogens with zero attached hydrogens (tertiary/aromatic N) is 1. The van der Waals surface area contributed by atoms with Crippen LogP contribution >= 0.6 is 0 Å². The molecule has 0 saturated carbocycles. The average Bonchev–Trinajstić information content (AvgIpc) is 2.99. The van der Waals surface area contributed by atoms with Gasteiger partial charge < -0.3 is 9.15 Å². The number of carbonyl (C=O) groups is 1. The molecule has 122 valence electrons. The molecule has 0 spiro atoms. The van der Waals surface area contributed by atoms with Gasteiger partial charge in [-0.25, -0.2) is 9.79 Å². The molecule has 0 saturated heterocycles. The van der Waals surface area contributed by atoms with E-state index in [4.69, 9.17) is 9.15 Å². The Morgan fingerprint density at radius 2 is 1.76 bits per heavy atom. The lowest BCUT2D eigenvalue weighted by Gasteiger charge is -1.99. The van der Waals surface area contributed by atoms with Crippen LogP contribution < -0.4 is 5.43 Å². The third-order valence-corrected chi connectivity index (χ3v) is 3.92. The van der Waals surface area contributed by atoms with Gasteiger partial charge in [-0.1, -0.05) is 29.8 Å². The van der Waals surface area contributed by atoms with E-state index in [0.29, 0.717) is 16.5 Å². The largest absolute Gasteiger partial charge is 0.463 e. The third kappa shape index (κ3) is 2.76. The first-order valence-electron chi connectivity index (χ1n) is 7.72. The van der Waals surface area contributed by atoms with Crippen molar-refractivity contribution in [3.63, 3.8) is 0 Å². The average molecular weight is 331 g/mol. The number of cyclic esters (lactones) is 1. The highest BCUT2D eigenvalue weighted by molar-refractivity contribution is 6.12. The van der Waals surface area contributed by atoms with E-state index in [-0.39, 0.29) is 22.6 Å². The van der Waals surface area contributed by atoms with Crippen LogP contribution in [0.15, 0.2) is 74.7 Å². The van der Waals surface area contributed by atoms with Crippen LogP contribution in [0, 0.1) is 6.92 Å². The lowest BCUT2D eigenvalue weighted by Crippen LogP contribution is -2.07. The minimum atomic E-state index is -0.594. The summed E-state index contributed by atoms with van der Waals surface area (Å²) in [5.74, 6) is -0.371. The summed E-state index contributed by atoms with van der Waals surface area (Å²) in [6, 6.07) is 14.4. The molecule has 5 heteroatoms.